The van der Waals surface area contributed by atoms with Gasteiger partial charge in [-0.1, -0.05) is 30.3 Å². The van der Waals surface area contributed by atoms with Crippen molar-refractivity contribution in [2.24, 2.45) is 0 Å². The van der Waals surface area contributed by atoms with E-state index in [0.29, 0.717) is 11.4 Å². The number of benzene rings is 1. The van der Waals surface area contributed by atoms with Gasteiger partial charge in [0.25, 0.3) is 0 Å². The van der Waals surface area contributed by atoms with Crippen molar-refractivity contribution in [1.29, 1.82) is 0 Å². The van der Waals surface area contributed by atoms with Crippen LogP contribution in [-0.2, 0) is 11.2 Å². The molecule has 1 amide bonds. The van der Waals surface area contributed by atoms with E-state index in [1.165, 1.54) is 11.3 Å². The van der Waals surface area contributed by atoms with Crippen LogP contribution in [0.15, 0.2) is 41.9 Å². The van der Waals surface area contributed by atoms with E-state index in [1.807, 2.05) is 51.1 Å². The van der Waals surface area contributed by atoms with Gasteiger partial charge < -0.3 is 15.2 Å². The number of hydrogen-bond acceptors (Lipinski definition) is 5. The largest absolute Gasteiger partial charge is 0.444 e. The molecule has 0 aliphatic heterocycles. The number of hydrogen-bond donors (Lipinski definition) is 2. The summed E-state index contributed by atoms with van der Waals surface area (Å²) in [6.45, 7) is 5.43. The lowest BCUT2D eigenvalue weighted by atomic mass is 10.0. The Labute approximate surface area is 146 Å². The topological polar surface area (TPSA) is 71.5 Å². The second-order valence-electron chi connectivity index (χ2n) is 6.59. The van der Waals surface area contributed by atoms with Crippen molar-refractivity contribution in [3.8, 4) is 0 Å². The molecule has 0 saturated carbocycles. The molecule has 24 heavy (non-hydrogen) atoms. The SMILES string of the molecule is CC(C)(C)OC(=O)NC(CCc1ccccc1)C(O)c1nccs1. The number of aromatic nitrogens is 1. The molecule has 6 heteroatoms. The first-order valence-corrected chi connectivity index (χ1v) is 8.84. The van der Waals surface area contributed by atoms with Crippen molar-refractivity contribution in [2.45, 2.75) is 51.4 Å². The predicted molar refractivity (Wildman–Crippen MR) is 95.0 cm³/mol. The second kappa shape index (κ2) is 8.26. The van der Waals surface area contributed by atoms with Crippen LogP contribution in [0.2, 0.25) is 0 Å². The maximum absolute atomic E-state index is 12.1. The lowest BCUT2D eigenvalue weighted by molar-refractivity contribution is 0.0413. The van der Waals surface area contributed by atoms with Gasteiger partial charge in [-0.2, -0.15) is 0 Å². The average Bonchev–Trinajstić information content (AvgIpc) is 3.04. The molecule has 0 spiro atoms. The maximum atomic E-state index is 12.1. The first-order chi connectivity index (χ1) is 11.3. The van der Waals surface area contributed by atoms with E-state index in [1.54, 1.807) is 11.6 Å². The summed E-state index contributed by atoms with van der Waals surface area (Å²) in [6.07, 6.45) is 1.58. The van der Waals surface area contributed by atoms with Gasteiger partial charge in [-0.25, -0.2) is 9.78 Å². The number of nitrogens with one attached hydrogen (secondary N) is 1. The highest BCUT2D eigenvalue weighted by atomic mass is 32.1. The molecule has 2 unspecified atom stereocenters. The van der Waals surface area contributed by atoms with Crippen LogP contribution in [0.25, 0.3) is 0 Å². The molecule has 2 rings (SSSR count). The Bertz CT molecular complexity index is 623. The van der Waals surface area contributed by atoms with Crippen LogP contribution in [-0.4, -0.2) is 27.8 Å². The van der Waals surface area contributed by atoms with Gasteiger partial charge in [0.2, 0.25) is 0 Å². The fraction of sp³-hybridized carbons (Fsp3) is 0.444. The molecule has 130 valence electrons. The Balaban J connectivity index is 2.04. The van der Waals surface area contributed by atoms with Gasteiger partial charge >= 0.3 is 6.09 Å². The molecule has 2 aromatic rings. The molecule has 0 radical (unpaired) electrons. The van der Waals surface area contributed by atoms with Crippen molar-refractivity contribution >= 4 is 17.4 Å². The van der Waals surface area contributed by atoms with Crippen LogP contribution >= 0.6 is 11.3 Å². The Morgan fingerprint density at radius 3 is 2.62 bits per heavy atom. The summed E-state index contributed by atoms with van der Waals surface area (Å²) in [5, 5.41) is 15.8. The fourth-order valence-electron chi connectivity index (χ4n) is 2.29. The minimum atomic E-state index is -0.860. The number of rotatable bonds is 6. The lowest BCUT2D eigenvalue weighted by Gasteiger charge is -2.26. The molecule has 0 aliphatic carbocycles. The standard InChI is InChI=1S/C18H24N2O3S/c1-18(2,3)23-17(22)20-14(15(21)16-19-11-12-24-16)10-9-13-7-5-4-6-8-13/h4-8,11-12,14-15,21H,9-10H2,1-3H3,(H,20,22). The Kier molecular flexibility index (Phi) is 6.34. The van der Waals surface area contributed by atoms with Crippen molar-refractivity contribution in [3.05, 3.63) is 52.5 Å². The molecule has 2 N–H and O–H groups in total. The number of amides is 1. The number of aryl methyl sites for hydroxylation is 1. The van der Waals surface area contributed by atoms with E-state index in [0.717, 1.165) is 12.0 Å². The summed E-state index contributed by atoms with van der Waals surface area (Å²) in [5.74, 6) is 0. The normalized spacial score (nSPS) is 14.0. The summed E-state index contributed by atoms with van der Waals surface area (Å²) in [4.78, 5) is 16.2. The van der Waals surface area contributed by atoms with Crippen LogP contribution in [0.5, 0.6) is 0 Å². The molecular weight excluding hydrogens is 324 g/mol. The highest BCUT2D eigenvalue weighted by Gasteiger charge is 2.27. The molecule has 5 nitrogen and oxygen atoms in total. The van der Waals surface area contributed by atoms with Crippen molar-refractivity contribution < 1.29 is 14.6 Å². The number of thiazole rings is 1. The van der Waals surface area contributed by atoms with E-state index in [-0.39, 0.29) is 0 Å². The van der Waals surface area contributed by atoms with E-state index in [9.17, 15) is 9.90 Å². The Morgan fingerprint density at radius 2 is 2.04 bits per heavy atom. The minimum absolute atomic E-state index is 0.466. The third-order valence-corrected chi connectivity index (χ3v) is 4.22. The summed E-state index contributed by atoms with van der Waals surface area (Å²) in [6, 6.07) is 9.50. The minimum Gasteiger partial charge on any atom is -0.444 e. The predicted octanol–water partition coefficient (Wildman–Crippen LogP) is 3.70. The van der Waals surface area contributed by atoms with Crippen LogP contribution in [0.1, 0.15) is 43.9 Å². The highest BCUT2D eigenvalue weighted by Crippen LogP contribution is 2.23. The second-order valence-corrected chi connectivity index (χ2v) is 7.52. The Hall–Kier alpha value is -1.92. The molecule has 0 aliphatic rings. The number of carbonyl (C=O) groups excluding carboxylic acids is 1. The third-order valence-electron chi connectivity index (χ3n) is 3.37. The van der Waals surface area contributed by atoms with Crippen molar-refractivity contribution in [2.75, 3.05) is 0 Å². The molecule has 1 aromatic carbocycles. The highest BCUT2D eigenvalue weighted by molar-refractivity contribution is 7.09. The van der Waals surface area contributed by atoms with Gasteiger partial charge in [-0.15, -0.1) is 11.3 Å². The van der Waals surface area contributed by atoms with E-state index in [4.69, 9.17) is 4.74 Å². The van der Waals surface area contributed by atoms with Gasteiger partial charge in [0.15, 0.2) is 0 Å². The molecule has 1 heterocycles. The molecule has 0 saturated heterocycles. The van der Waals surface area contributed by atoms with Crippen LogP contribution < -0.4 is 5.32 Å². The van der Waals surface area contributed by atoms with E-state index in [2.05, 4.69) is 10.3 Å². The summed E-state index contributed by atoms with van der Waals surface area (Å²) >= 11 is 1.37. The smallest absolute Gasteiger partial charge is 0.407 e. The van der Waals surface area contributed by atoms with E-state index >= 15 is 0 Å². The van der Waals surface area contributed by atoms with Crippen LogP contribution in [0.4, 0.5) is 4.79 Å². The van der Waals surface area contributed by atoms with Crippen LogP contribution in [0.3, 0.4) is 0 Å². The first-order valence-electron chi connectivity index (χ1n) is 7.96. The third kappa shape index (κ3) is 5.94. The number of aliphatic hydroxyl groups excluding tert-OH is 1. The Morgan fingerprint density at radius 1 is 1.33 bits per heavy atom. The van der Waals surface area contributed by atoms with Gasteiger partial charge in [-0.05, 0) is 39.2 Å². The zero-order valence-electron chi connectivity index (χ0n) is 14.2. The van der Waals surface area contributed by atoms with Crippen LogP contribution in [0, 0.1) is 0 Å². The molecule has 0 bridgehead atoms. The van der Waals surface area contributed by atoms with Gasteiger partial charge in [-0.3, -0.25) is 0 Å². The van der Waals surface area contributed by atoms with Gasteiger partial charge in [0.1, 0.15) is 16.7 Å². The van der Waals surface area contributed by atoms with Gasteiger partial charge in [0.05, 0.1) is 6.04 Å². The average molecular weight is 348 g/mol. The fourth-order valence-corrected chi connectivity index (χ4v) is 2.97. The molecule has 2 atom stereocenters. The van der Waals surface area contributed by atoms with E-state index < -0.39 is 23.8 Å². The number of aliphatic hydroxyl groups is 1. The van der Waals surface area contributed by atoms with Gasteiger partial charge in [0, 0.05) is 11.6 Å². The summed E-state index contributed by atoms with van der Waals surface area (Å²) in [7, 11) is 0. The number of nitrogens with zero attached hydrogens (tertiary/aromatic N) is 1. The van der Waals surface area contributed by atoms with Crippen molar-refractivity contribution in [1.82, 2.24) is 10.3 Å². The summed E-state index contributed by atoms with van der Waals surface area (Å²) < 4.78 is 5.31. The molecule has 0 fully saturated rings. The lowest BCUT2D eigenvalue weighted by Crippen LogP contribution is -2.42. The molecular formula is C18H24N2O3S. The number of ether oxygens (including phenoxy) is 1. The van der Waals surface area contributed by atoms with Crippen molar-refractivity contribution in [3.63, 3.8) is 0 Å². The number of carbonyl (C=O) groups is 1. The summed E-state index contributed by atoms with van der Waals surface area (Å²) in [5.41, 5.74) is 0.569. The monoisotopic (exact) mass is 348 g/mol. The number of alkyl carbamates (subject to hydrolysis) is 1. The maximum Gasteiger partial charge on any atom is 0.407 e. The quantitative estimate of drug-likeness (QED) is 0.835. The zero-order valence-corrected chi connectivity index (χ0v) is 15.0. The zero-order chi connectivity index (χ0) is 17.6. The molecule has 1 aromatic heterocycles. The first kappa shape index (κ1) is 18.4.